The molecular weight excluding hydrogens is 284 g/mol. The number of rotatable bonds is 7. The number of methoxy groups -OCH3 is 1. The number of hydrogen-bond donors (Lipinski definition) is 0. The second kappa shape index (κ2) is 7.65. The van der Waals surface area contributed by atoms with Crippen molar-refractivity contribution < 1.29 is 4.74 Å². The third-order valence-corrected chi connectivity index (χ3v) is 7.43. The SMILES string of the molecule is CCCCCCC1(c2cc(C)cc(OC)c2)SCCS1. The summed E-state index contributed by atoms with van der Waals surface area (Å²) in [6.45, 7) is 4.45. The van der Waals surface area contributed by atoms with Crippen molar-refractivity contribution in [2.24, 2.45) is 0 Å². The van der Waals surface area contributed by atoms with Crippen LogP contribution < -0.4 is 4.74 Å². The number of hydrogen-bond acceptors (Lipinski definition) is 3. The number of benzene rings is 1. The van der Waals surface area contributed by atoms with Crippen LogP contribution in [0, 0.1) is 6.92 Å². The molecule has 3 heteroatoms. The van der Waals surface area contributed by atoms with Crippen LogP contribution in [0.4, 0.5) is 0 Å². The molecule has 0 amide bonds. The van der Waals surface area contributed by atoms with Gasteiger partial charge in [0.05, 0.1) is 11.2 Å². The highest BCUT2D eigenvalue weighted by atomic mass is 32.2. The van der Waals surface area contributed by atoms with Crippen LogP contribution in [0.15, 0.2) is 18.2 Å². The third-order valence-electron chi connectivity index (χ3n) is 3.84. The van der Waals surface area contributed by atoms with Crippen molar-refractivity contribution in [3.05, 3.63) is 29.3 Å². The van der Waals surface area contributed by atoms with E-state index in [1.54, 1.807) is 7.11 Å². The maximum absolute atomic E-state index is 5.46. The smallest absolute Gasteiger partial charge is 0.119 e. The molecule has 0 bridgehead atoms. The molecule has 0 aromatic heterocycles. The molecule has 20 heavy (non-hydrogen) atoms. The Morgan fingerprint density at radius 1 is 1.10 bits per heavy atom. The Morgan fingerprint density at radius 3 is 2.50 bits per heavy atom. The summed E-state index contributed by atoms with van der Waals surface area (Å²) in [7, 11) is 1.77. The fourth-order valence-electron chi connectivity index (χ4n) is 2.78. The Hall–Kier alpha value is -0.280. The molecule has 0 N–H and O–H groups in total. The summed E-state index contributed by atoms with van der Waals surface area (Å²) in [6, 6.07) is 6.73. The predicted molar refractivity (Wildman–Crippen MR) is 93.1 cm³/mol. The van der Waals surface area contributed by atoms with Gasteiger partial charge in [0.15, 0.2) is 0 Å². The maximum atomic E-state index is 5.46. The van der Waals surface area contributed by atoms with Crippen molar-refractivity contribution in [3.8, 4) is 5.75 Å². The summed E-state index contributed by atoms with van der Waals surface area (Å²) < 4.78 is 5.74. The number of aryl methyl sites for hydroxylation is 1. The first kappa shape index (κ1) is 16.1. The van der Waals surface area contributed by atoms with Gasteiger partial charge in [-0.25, -0.2) is 0 Å². The molecule has 1 fully saturated rings. The van der Waals surface area contributed by atoms with Gasteiger partial charge in [-0.2, -0.15) is 0 Å². The van der Waals surface area contributed by atoms with Gasteiger partial charge in [-0.15, -0.1) is 23.5 Å². The minimum absolute atomic E-state index is 0.271. The van der Waals surface area contributed by atoms with E-state index in [1.807, 2.05) is 0 Å². The van der Waals surface area contributed by atoms with E-state index >= 15 is 0 Å². The van der Waals surface area contributed by atoms with Crippen LogP contribution in [0.1, 0.15) is 50.2 Å². The zero-order valence-corrected chi connectivity index (χ0v) is 14.5. The molecule has 1 saturated heterocycles. The lowest BCUT2D eigenvalue weighted by atomic mass is 10.0. The molecule has 0 atom stereocenters. The lowest BCUT2D eigenvalue weighted by Gasteiger charge is -2.29. The molecule has 0 saturated carbocycles. The van der Waals surface area contributed by atoms with Gasteiger partial charge in [0.25, 0.3) is 0 Å². The second-order valence-corrected chi connectivity index (χ2v) is 8.55. The fourth-order valence-corrected chi connectivity index (χ4v) is 6.09. The van der Waals surface area contributed by atoms with E-state index < -0.39 is 0 Å². The molecule has 1 heterocycles. The van der Waals surface area contributed by atoms with Gasteiger partial charge in [-0.1, -0.05) is 38.7 Å². The molecule has 1 aliphatic rings. The van der Waals surface area contributed by atoms with E-state index in [0.717, 1.165) is 5.75 Å². The van der Waals surface area contributed by atoms with E-state index in [1.165, 1.54) is 54.7 Å². The van der Waals surface area contributed by atoms with Gasteiger partial charge in [-0.05, 0) is 36.6 Å². The van der Waals surface area contributed by atoms with Crippen LogP contribution in [0.25, 0.3) is 0 Å². The topological polar surface area (TPSA) is 9.23 Å². The van der Waals surface area contributed by atoms with Crippen molar-refractivity contribution in [3.63, 3.8) is 0 Å². The highest BCUT2D eigenvalue weighted by molar-refractivity contribution is 8.20. The van der Waals surface area contributed by atoms with Gasteiger partial charge in [0, 0.05) is 11.5 Å². The van der Waals surface area contributed by atoms with Crippen LogP contribution in [0.5, 0.6) is 5.75 Å². The summed E-state index contributed by atoms with van der Waals surface area (Å²) in [4.78, 5) is 0. The average molecular weight is 311 g/mol. The highest BCUT2D eigenvalue weighted by Gasteiger charge is 2.37. The van der Waals surface area contributed by atoms with Crippen LogP contribution in [-0.2, 0) is 4.08 Å². The third kappa shape index (κ3) is 3.88. The summed E-state index contributed by atoms with van der Waals surface area (Å²) >= 11 is 4.27. The average Bonchev–Trinajstić information content (AvgIpc) is 2.93. The second-order valence-electron chi connectivity index (χ2n) is 5.50. The quantitative estimate of drug-likeness (QED) is 0.606. The molecule has 1 aromatic carbocycles. The summed E-state index contributed by atoms with van der Waals surface area (Å²) in [6.07, 6.45) is 6.66. The first-order valence-corrected chi connectivity index (χ1v) is 9.61. The van der Waals surface area contributed by atoms with Crippen LogP contribution in [-0.4, -0.2) is 18.6 Å². The van der Waals surface area contributed by atoms with Crippen LogP contribution in [0.2, 0.25) is 0 Å². The first-order chi connectivity index (χ1) is 9.70. The largest absolute Gasteiger partial charge is 0.497 e. The molecule has 0 unspecified atom stereocenters. The molecule has 0 spiro atoms. The Morgan fingerprint density at radius 2 is 1.85 bits per heavy atom. The molecule has 1 aromatic rings. The lowest BCUT2D eigenvalue weighted by Crippen LogP contribution is -2.15. The van der Waals surface area contributed by atoms with Crippen molar-refractivity contribution >= 4 is 23.5 Å². The van der Waals surface area contributed by atoms with E-state index in [2.05, 4.69) is 55.6 Å². The van der Waals surface area contributed by atoms with E-state index in [4.69, 9.17) is 4.74 Å². The summed E-state index contributed by atoms with van der Waals surface area (Å²) in [5.41, 5.74) is 2.76. The Labute approximate surface area is 132 Å². The van der Waals surface area contributed by atoms with Gasteiger partial charge < -0.3 is 4.74 Å². The highest BCUT2D eigenvalue weighted by Crippen LogP contribution is 2.55. The van der Waals surface area contributed by atoms with E-state index in [0.29, 0.717) is 0 Å². The van der Waals surface area contributed by atoms with E-state index in [-0.39, 0.29) is 4.08 Å². The summed E-state index contributed by atoms with van der Waals surface area (Å²) in [5, 5.41) is 0. The van der Waals surface area contributed by atoms with Crippen molar-refractivity contribution in [2.45, 2.75) is 50.0 Å². The predicted octanol–water partition coefficient (Wildman–Crippen LogP) is 5.61. The number of unbranched alkanes of at least 4 members (excludes halogenated alkanes) is 3. The lowest BCUT2D eigenvalue weighted by molar-refractivity contribution is 0.413. The van der Waals surface area contributed by atoms with Gasteiger partial charge >= 0.3 is 0 Å². The zero-order chi connectivity index (χ0) is 14.4. The molecule has 2 rings (SSSR count). The minimum atomic E-state index is 0.271. The van der Waals surface area contributed by atoms with Crippen molar-refractivity contribution in [1.29, 1.82) is 0 Å². The monoisotopic (exact) mass is 310 g/mol. The summed E-state index contributed by atoms with van der Waals surface area (Å²) in [5.74, 6) is 3.55. The molecule has 0 aliphatic carbocycles. The Bertz CT molecular complexity index is 425. The minimum Gasteiger partial charge on any atom is -0.497 e. The first-order valence-electron chi connectivity index (χ1n) is 7.64. The molecule has 1 aliphatic heterocycles. The number of thioether (sulfide) groups is 2. The maximum Gasteiger partial charge on any atom is 0.119 e. The molecule has 0 radical (unpaired) electrons. The fraction of sp³-hybridized carbons (Fsp3) is 0.647. The van der Waals surface area contributed by atoms with Crippen molar-refractivity contribution in [2.75, 3.05) is 18.6 Å². The van der Waals surface area contributed by atoms with Gasteiger partial charge in [-0.3, -0.25) is 0 Å². The van der Waals surface area contributed by atoms with Crippen molar-refractivity contribution in [1.82, 2.24) is 0 Å². The zero-order valence-electron chi connectivity index (χ0n) is 12.9. The Kier molecular flexibility index (Phi) is 6.16. The van der Waals surface area contributed by atoms with E-state index in [9.17, 15) is 0 Å². The molecule has 1 nitrogen and oxygen atoms in total. The van der Waals surface area contributed by atoms with Crippen LogP contribution >= 0.6 is 23.5 Å². The van der Waals surface area contributed by atoms with Gasteiger partial charge in [0.2, 0.25) is 0 Å². The molecular formula is C17H26OS2. The van der Waals surface area contributed by atoms with Crippen LogP contribution in [0.3, 0.4) is 0 Å². The Balaban J connectivity index is 2.16. The normalized spacial score (nSPS) is 17.4. The standard InChI is InChI=1S/C17H26OS2/c1-4-5-6-7-8-17(19-9-10-20-17)15-11-14(2)12-16(13-15)18-3/h11-13H,4-10H2,1-3H3. The number of ether oxygens (including phenoxy) is 1. The molecule has 112 valence electrons. The van der Waals surface area contributed by atoms with Gasteiger partial charge in [0.1, 0.15) is 5.75 Å².